The Kier molecular flexibility index (Phi) is 4.47. The van der Waals surface area contributed by atoms with Crippen LogP contribution < -0.4 is 16.6 Å². The van der Waals surface area contributed by atoms with E-state index in [0.29, 0.717) is 12.2 Å². The van der Waals surface area contributed by atoms with Crippen LogP contribution in [0.2, 0.25) is 0 Å². The number of hydrogen-bond donors (Lipinski definition) is 2. The van der Waals surface area contributed by atoms with Gasteiger partial charge in [0, 0.05) is 18.4 Å². The molecular formula is C18H18N4O3. The van der Waals surface area contributed by atoms with E-state index in [1.807, 2.05) is 26.0 Å². The number of pyridine rings is 1. The molecule has 1 amide bonds. The quantitative estimate of drug-likeness (QED) is 0.761. The SMILES string of the molecule is CCCn1c(=O)[nH]c(=O)c2cc(C(=O)Nc3ccc(C)cc3)cnc21. The number of aryl methyl sites for hydroxylation is 2. The zero-order valence-corrected chi connectivity index (χ0v) is 14.0. The number of nitrogens with zero attached hydrogens (tertiary/aromatic N) is 2. The number of fused-ring (bicyclic) bond motifs is 1. The Morgan fingerprint density at radius 1 is 1.24 bits per heavy atom. The van der Waals surface area contributed by atoms with Crippen molar-refractivity contribution in [1.82, 2.24) is 14.5 Å². The number of hydrogen-bond acceptors (Lipinski definition) is 4. The Bertz CT molecular complexity index is 1050. The summed E-state index contributed by atoms with van der Waals surface area (Å²) in [4.78, 5) is 42.9. The van der Waals surface area contributed by atoms with E-state index >= 15 is 0 Å². The molecule has 3 rings (SSSR count). The highest BCUT2D eigenvalue weighted by molar-refractivity contribution is 6.05. The van der Waals surface area contributed by atoms with Gasteiger partial charge < -0.3 is 5.32 Å². The molecule has 2 N–H and O–H groups in total. The number of nitrogens with one attached hydrogen (secondary N) is 2. The summed E-state index contributed by atoms with van der Waals surface area (Å²) in [5.41, 5.74) is 1.22. The average Bonchev–Trinajstić information content (AvgIpc) is 2.60. The molecule has 0 atom stereocenters. The van der Waals surface area contributed by atoms with Crippen LogP contribution in [0.3, 0.4) is 0 Å². The van der Waals surface area contributed by atoms with Crippen LogP contribution in [0.25, 0.3) is 11.0 Å². The van der Waals surface area contributed by atoms with E-state index in [4.69, 9.17) is 0 Å². The Balaban J connectivity index is 2.00. The first kappa shape index (κ1) is 16.6. The zero-order chi connectivity index (χ0) is 18.0. The van der Waals surface area contributed by atoms with Gasteiger partial charge in [-0.2, -0.15) is 0 Å². The molecule has 3 aromatic rings. The predicted octanol–water partition coefficient (Wildman–Crippen LogP) is 2.06. The van der Waals surface area contributed by atoms with Crippen LogP contribution in [0.5, 0.6) is 0 Å². The normalized spacial score (nSPS) is 10.8. The standard InChI is InChI=1S/C18H18N4O3/c1-3-8-22-15-14(17(24)21-18(22)25)9-12(10-19-15)16(23)20-13-6-4-11(2)5-7-13/h4-7,9-10H,3,8H2,1-2H3,(H,20,23)(H,21,24,25). The lowest BCUT2D eigenvalue weighted by Crippen LogP contribution is -2.31. The third-order valence-corrected chi connectivity index (χ3v) is 3.85. The second-order valence-electron chi connectivity index (χ2n) is 5.83. The van der Waals surface area contributed by atoms with Crippen molar-refractivity contribution in [2.75, 3.05) is 5.32 Å². The molecule has 0 fully saturated rings. The lowest BCUT2D eigenvalue weighted by Gasteiger charge is -2.09. The van der Waals surface area contributed by atoms with Crippen LogP contribution in [-0.2, 0) is 6.54 Å². The number of H-pyrrole nitrogens is 1. The van der Waals surface area contributed by atoms with Crippen LogP contribution in [0, 0.1) is 6.92 Å². The van der Waals surface area contributed by atoms with Gasteiger partial charge in [-0.1, -0.05) is 24.6 Å². The maximum Gasteiger partial charge on any atom is 0.329 e. The molecule has 2 aromatic heterocycles. The minimum Gasteiger partial charge on any atom is -0.322 e. The molecule has 0 spiro atoms. The molecule has 2 heterocycles. The van der Waals surface area contributed by atoms with Crippen molar-refractivity contribution in [2.24, 2.45) is 0 Å². The molecule has 0 saturated heterocycles. The first-order valence-corrected chi connectivity index (χ1v) is 8.00. The van der Waals surface area contributed by atoms with Crippen LogP contribution in [0.1, 0.15) is 29.3 Å². The number of anilines is 1. The van der Waals surface area contributed by atoms with Crippen molar-refractivity contribution >= 4 is 22.6 Å². The second kappa shape index (κ2) is 6.72. The highest BCUT2D eigenvalue weighted by atomic mass is 16.2. The highest BCUT2D eigenvalue weighted by Gasteiger charge is 2.13. The number of carbonyl (C=O) groups excluding carboxylic acids is 1. The van der Waals surface area contributed by atoms with Crippen molar-refractivity contribution in [3.63, 3.8) is 0 Å². The van der Waals surface area contributed by atoms with Crippen LogP contribution >= 0.6 is 0 Å². The lowest BCUT2D eigenvalue weighted by atomic mass is 10.2. The summed E-state index contributed by atoms with van der Waals surface area (Å²) in [5, 5.41) is 2.97. The van der Waals surface area contributed by atoms with Gasteiger partial charge in [-0.25, -0.2) is 9.78 Å². The van der Waals surface area contributed by atoms with Crippen LogP contribution in [0.15, 0.2) is 46.1 Å². The van der Waals surface area contributed by atoms with E-state index in [1.54, 1.807) is 12.1 Å². The van der Waals surface area contributed by atoms with Crippen molar-refractivity contribution in [1.29, 1.82) is 0 Å². The zero-order valence-electron chi connectivity index (χ0n) is 14.0. The van der Waals surface area contributed by atoms with Crippen molar-refractivity contribution < 1.29 is 4.79 Å². The summed E-state index contributed by atoms with van der Waals surface area (Å²) < 4.78 is 1.40. The third kappa shape index (κ3) is 3.35. The predicted molar refractivity (Wildman–Crippen MR) is 96.0 cm³/mol. The van der Waals surface area contributed by atoms with E-state index < -0.39 is 11.2 Å². The summed E-state index contributed by atoms with van der Waals surface area (Å²) in [6, 6.07) is 8.84. The molecule has 0 bridgehead atoms. The fourth-order valence-electron chi connectivity index (χ4n) is 2.56. The van der Waals surface area contributed by atoms with Gasteiger partial charge >= 0.3 is 5.69 Å². The summed E-state index contributed by atoms with van der Waals surface area (Å²) in [7, 11) is 0. The molecule has 1 aromatic carbocycles. The molecule has 25 heavy (non-hydrogen) atoms. The van der Waals surface area contributed by atoms with Gasteiger partial charge in [0.2, 0.25) is 0 Å². The summed E-state index contributed by atoms with van der Waals surface area (Å²) in [6.07, 6.45) is 2.09. The number of aromatic nitrogens is 3. The van der Waals surface area contributed by atoms with Crippen LogP contribution in [0.4, 0.5) is 5.69 Å². The molecule has 0 unspecified atom stereocenters. The van der Waals surface area contributed by atoms with E-state index in [-0.39, 0.29) is 22.5 Å². The van der Waals surface area contributed by atoms with E-state index in [2.05, 4.69) is 15.3 Å². The number of benzene rings is 1. The number of carbonyl (C=O) groups is 1. The Morgan fingerprint density at radius 3 is 2.64 bits per heavy atom. The lowest BCUT2D eigenvalue weighted by molar-refractivity contribution is 0.102. The van der Waals surface area contributed by atoms with Gasteiger partial charge in [-0.05, 0) is 31.5 Å². The number of aromatic amines is 1. The van der Waals surface area contributed by atoms with E-state index in [0.717, 1.165) is 12.0 Å². The number of amides is 1. The van der Waals surface area contributed by atoms with Gasteiger partial charge in [0.15, 0.2) is 0 Å². The fraction of sp³-hybridized carbons (Fsp3) is 0.222. The van der Waals surface area contributed by atoms with E-state index in [1.165, 1.54) is 16.8 Å². The third-order valence-electron chi connectivity index (χ3n) is 3.85. The summed E-state index contributed by atoms with van der Waals surface area (Å²) in [5.74, 6) is -0.370. The molecule has 7 nitrogen and oxygen atoms in total. The Morgan fingerprint density at radius 2 is 1.96 bits per heavy atom. The van der Waals surface area contributed by atoms with Crippen molar-refractivity contribution in [3.8, 4) is 0 Å². The molecule has 0 saturated carbocycles. The fourth-order valence-corrected chi connectivity index (χ4v) is 2.56. The first-order chi connectivity index (χ1) is 12.0. The topological polar surface area (TPSA) is 96.9 Å². The maximum absolute atomic E-state index is 12.4. The molecule has 0 aliphatic rings. The van der Waals surface area contributed by atoms with Crippen molar-refractivity contribution in [3.05, 3.63) is 68.5 Å². The van der Waals surface area contributed by atoms with Gasteiger partial charge in [0.05, 0.1) is 10.9 Å². The monoisotopic (exact) mass is 338 g/mol. The minimum atomic E-state index is -0.551. The summed E-state index contributed by atoms with van der Waals surface area (Å²) in [6.45, 7) is 4.32. The second-order valence-corrected chi connectivity index (χ2v) is 5.83. The molecule has 7 heteroatoms. The van der Waals surface area contributed by atoms with Crippen molar-refractivity contribution in [2.45, 2.75) is 26.8 Å². The first-order valence-electron chi connectivity index (χ1n) is 8.00. The van der Waals surface area contributed by atoms with Gasteiger partial charge in [-0.3, -0.25) is 19.1 Å². The van der Waals surface area contributed by atoms with E-state index in [9.17, 15) is 14.4 Å². The van der Waals surface area contributed by atoms with Gasteiger partial charge in [0.25, 0.3) is 11.5 Å². The Hall–Kier alpha value is -3.22. The maximum atomic E-state index is 12.4. The largest absolute Gasteiger partial charge is 0.329 e. The molecule has 0 aliphatic carbocycles. The molecule has 128 valence electrons. The van der Waals surface area contributed by atoms with Crippen LogP contribution in [-0.4, -0.2) is 20.4 Å². The van der Waals surface area contributed by atoms with Gasteiger partial charge in [0.1, 0.15) is 5.65 Å². The molecule has 0 aliphatic heterocycles. The Labute approximate surface area is 143 Å². The highest BCUT2D eigenvalue weighted by Crippen LogP contribution is 2.13. The average molecular weight is 338 g/mol. The molecule has 0 radical (unpaired) electrons. The van der Waals surface area contributed by atoms with Gasteiger partial charge in [-0.15, -0.1) is 0 Å². The summed E-state index contributed by atoms with van der Waals surface area (Å²) >= 11 is 0. The molecular weight excluding hydrogens is 320 g/mol. The minimum absolute atomic E-state index is 0.213. The smallest absolute Gasteiger partial charge is 0.322 e. The number of rotatable bonds is 4.